The van der Waals surface area contributed by atoms with Gasteiger partial charge in [-0.3, -0.25) is 4.39 Å². The normalized spacial score (nSPS) is 13.1. The first-order valence-corrected chi connectivity index (χ1v) is 9.17. The number of rotatable bonds is 7. The van der Waals surface area contributed by atoms with Crippen molar-refractivity contribution in [1.29, 1.82) is 0 Å². The van der Waals surface area contributed by atoms with Crippen molar-refractivity contribution < 1.29 is 52.6 Å². The van der Waals surface area contributed by atoms with E-state index in [1.807, 2.05) is 0 Å². The van der Waals surface area contributed by atoms with Crippen LogP contribution in [0.15, 0.2) is 36.5 Å². The minimum Gasteiger partial charge on any atom is -0.393 e. The van der Waals surface area contributed by atoms with Gasteiger partial charge in [0.1, 0.15) is 0 Å². The number of ether oxygens (including phenoxy) is 1. The molecule has 0 spiro atoms. The van der Waals surface area contributed by atoms with Crippen LogP contribution < -0.4 is 0 Å². The van der Waals surface area contributed by atoms with E-state index in [1.165, 1.54) is 18.2 Å². The molecule has 0 saturated carbocycles. The van der Waals surface area contributed by atoms with Crippen LogP contribution in [0.25, 0.3) is 11.3 Å². The summed E-state index contributed by atoms with van der Waals surface area (Å²) in [5.74, 6) is 0.129. The van der Waals surface area contributed by atoms with E-state index in [0.717, 1.165) is 24.8 Å². The van der Waals surface area contributed by atoms with E-state index in [1.54, 1.807) is 6.92 Å². The van der Waals surface area contributed by atoms with Crippen LogP contribution in [0.3, 0.4) is 0 Å². The molecular formula is C21H26F4IrNO3-. The molecule has 2 rings (SSSR count). The molecule has 0 aliphatic rings. The molecule has 0 aliphatic heterocycles. The van der Waals surface area contributed by atoms with E-state index < -0.39 is 30.0 Å². The largest absolute Gasteiger partial charge is 0.417 e. The molecule has 171 valence electrons. The molecule has 0 amide bonds. The minimum atomic E-state index is -4.40. The van der Waals surface area contributed by atoms with Gasteiger partial charge in [-0.1, -0.05) is 26.0 Å². The van der Waals surface area contributed by atoms with Crippen LogP contribution in [-0.4, -0.2) is 34.2 Å². The predicted molar refractivity (Wildman–Crippen MR) is 101 cm³/mol. The summed E-state index contributed by atoms with van der Waals surface area (Å²) in [4.78, 5) is 3.67. The maximum atomic E-state index is 12.6. The van der Waals surface area contributed by atoms with E-state index in [9.17, 15) is 17.6 Å². The fourth-order valence-electron chi connectivity index (χ4n) is 2.09. The first kappa shape index (κ1) is 28.6. The number of aromatic nitrogens is 1. The zero-order valence-corrected chi connectivity index (χ0v) is 19.3. The van der Waals surface area contributed by atoms with Crippen LogP contribution in [0.1, 0.15) is 39.2 Å². The standard InChI is InChI=1S/C12H6F4N.C9H20O3.Ir/c13-10-4-1-8(2-5-10)11-6-3-9(7-17-11)12(14,15)16;1-7(2)4-5-12-9(11)6-8(3)10;/h1,3-7H;7-11H,4-6H2,1-3H3;/q-1;;. The van der Waals surface area contributed by atoms with E-state index >= 15 is 0 Å². The summed E-state index contributed by atoms with van der Waals surface area (Å²) in [7, 11) is 0. The maximum absolute atomic E-state index is 12.6. The number of hydrogen-bond acceptors (Lipinski definition) is 4. The SMILES string of the molecule is CC(C)CCOC(O)CC(C)O.Fc1c[c-]c(-c2ccc(C(F)(F)F)cn2)cc1.[Ir]. The Morgan fingerprint density at radius 1 is 1.10 bits per heavy atom. The summed E-state index contributed by atoms with van der Waals surface area (Å²) in [5.41, 5.74) is -0.0542. The van der Waals surface area contributed by atoms with Crippen molar-refractivity contribution in [2.24, 2.45) is 5.92 Å². The Bertz CT molecular complexity index is 708. The number of aliphatic hydroxyl groups excluding tert-OH is 2. The van der Waals surface area contributed by atoms with Gasteiger partial charge in [-0.25, -0.2) is 0 Å². The number of hydrogen-bond donors (Lipinski definition) is 2. The molecule has 2 aromatic rings. The summed E-state index contributed by atoms with van der Waals surface area (Å²) in [6.07, 6.45) is -3.75. The second-order valence-electron chi connectivity index (χ2n) is 6.94. The van der Waals surface area contributed by atoms with Crippen molar-refractivity contribution in [2.75, 3.05) is 6.61 Å². The average Bonchev–Trinajstić information content (AvgIpc) is 2.61. The zero-order chi connectivity index (χ0) is 22.0. The predicted octanol–water partition coefficient (Wildman–Crippen LogP) is 4.84. The second kappa shape index (κ2) is 13.8. The van der Waals surface area contributed by atoms with Crippen molar-refractivity contribution in [3.05, 3.63) is 54.0 Å². The van der Waals surface area contributed by atoms with Gasteiger partial charge in [0, 0.05) is 45.1 Å². The van der Waals surface area contributed by atoms with Gasteiger partial charge < -0.3 is 19.9 Å². The number of alkyl halides is 3. The van der Waals surface area contributed by atoms with Crippen LogP contribution in [0.2, 0.25) is 0 Å². The van der Waals surface area contributed by atoms with Gasteiger partial charge in [-0.15, -0.1) is 29.8 Å². The average molecular weight is 609 g/mol. The van der Waals surface area contributed by atoms with E-state index in [4.69, 9.17) is 14.9 Å². The summed E-state index contributed by atoms with van der Waals surface area (Å²) < 4.78 is 54.5. The number of pyridine rings is 1. The van der Waals surface area contributed by atoms with Crippen LogP contribution in [0.5, 0.6) is 0 Å². The Morgan fingerprint density at radius 3 is 2.20 bits per heavy atom. The van der Waals surface area contributed by atoms with Crippen molar-refractivity contribution in [1.82, 2.24) is 4.98 Å². The maximum Gasteiger partial charge on any atom is 0.417 e. The summed E-state index contributed by atoms with van der Waals surface area (Å²) >= 11 is 0. The number of benzene rings is 1. The van der Waals surface area contributed by atoms with Crippen molar-refractivity contribution in [2.45, 2.75) is 52.2 Å². The monoisotopic (exact) mass is 609 g/mol. The first-order valence-electron chi connectivity index (χ1n) is 9.17. The quantitative estimate of drug-likeness (QED) is 0.268. The van der Waals surface area contributed by atoms with Crippen LogP contribution >= 0.6 is 0 Å². The summed E-state index contributed by atoms with van der Waals surface area (Å²) in [6.45, 7) is 6.40. The van der Waals surface area contributed by atoms with Crippen LogP contribution in [0, 0.1) is 17.8 Å². The molecule has 0 fully saturated rings. The molecule has 1 radical (unpaired) electrons. The molecule has 0 aliphatic carbocycles. The van der Waals surface area contributed by atoms with Crippen LogP contribution in [0.4, 0.5) is 17.6 Å². The molecule has 30 heavy (non-hydrogen) atoms. The first-order chi connectivity index (χ1) is 13.5. The molecule has 0 saturated heterocycles. The Hall–Kier alpha value is -1.38. The van der Waals surface area contributed by atoms with Gasteiger partial charge in [-0.05, 0) is 25.0 Å². The summed E-state index contributed by atoms with van der Waals surface area (Å²) in [6, 6.07) is 8.46. The Kier molecular flexibility index (Phi) is 13.2. The van der Waals surface area contributed by atoms with Crippen LogP contribution in [-0.2, 0) is 31.0 Å². The molecule has 2 unspecified atom stereocenters. The molecule has 9 heteroatoms. The van der Waals surface area contributed by atoms with Crippen molar-refractivity contribution in [3.63, 3.8) is 0 Å². The van der Waals surface area contributed by atoms with Gasteiger partial charge in [0.15, 0.2) is 6.29 Å². The molecule has 2 atom stereocenters. The number of nitrogens with zero attached hydrogens (tertiary/aromatic N) is 1. The van der Waals surface area contributed by atoms with Gasteiger partial charge in [0.2, 0.25) is 0 Å². The molecule has 1 heterocycles. The van der Waals surface area contributed by atoms with Gasteiger partial charge >= 0.3 is 6.18 Å². The number of aliphatic hydroxyl groups is 2. The van der Waals surface area contributed by atoms with E-state index in [0.29, 0.717) is 23.8 Å². The van der Waals surface area contributed by atoms with E-state index in [2.05, 4.69) is 24.9 Å². The molecule has 0 bridgehead atoms. The zero-order valence-electron chi connectivity index (χ0n) is 16.9. The number of halogens is 4. The third kappa shape index (κ3) is 11.7. The molecule has 1 aromatic heterocycles. The van der Waals surface area contributed by atoms with Gasteiger partial charge in [0.25, 0.3) is 0 Å². The Labute approximate surface area is 187 Å². The molecule has 2 N–H and O–H groups in total. The van der Waals surface area contributed by atoms with Gasteiger partial charge in [-0.2, -0.15) is 13.2 Å². The van der Waals surface area contributed by atoms with Gasteiger partial charge in [0.05, 0.1) is 11.7 Å². The smallest absolute Gasteiger partial charge is 0.393 e. The fraction of sp³-hybridized carbons (Fsp3) is 0.476. The Balaban J connectivity index is 0.000000579. The topological polar surface area (TPSA) is 62.6 Å². The minimum absolute atomic E-state index is 0. The third-order valence-corrected chi connectivity index (χ3v) is 3.69. The molecule has 4 nitrogen and oxygen atoms in total. The van der Waals surface area contributed by atoms with Crippen molar-refractivity contribution >= 4 is 0 Å². The Morgan fingerprint density at radius 2 is 1.77 bits per heavy atom. The fourth-order valence-corrected chi connectivity index (χ4v) is 2.09. The molecular weight excluding hydrogens is 582 g/mol. The van der Waals surface area contributed by atoms with Crippen molar-refractivity contribution in [3.8, 4) is 11.3 Å². The van der Waals surface area contributed by atoms with E-state index in [-0.39, 0.29) is 26.5 Å². The summed E-state index contributed by atoms with van der Waals surface area (Å²) in [5, 5.41) is 18.0. The molecule has 1 aromatic carbocycles. The third-order valence-electron chi connectivity index (χ3n) is 3.69. The second-order valence-corrected chi connectivity index (χ2v) is 6.94.